The quantitative estimate of drug-likeness (QED) is 0.322. The Labute approximate surface area is 194 Å². The van der Waals surface area contributed by atoms with Crippen LogP contribution in [0.1, 0.15) is 48.7 Å². The van der Waals surface area contributed by atoms with Crippen LogP contribution in [0.3, 0.4) is 0 Å². The van der Waals surface area contributed by atoms with E-state index in [1.165, 1.54) is 17.6 Å². The molecule has 1 heterocycles. The highest BCUT2D eigenvalue weighted by molar-refractivity contribution is 7.13. The molecule has 33 heavy (non-hydrogen) atoms. The third-order valence-electron chi connectivity index (χ3n) is 5.72. The molecule has 0 aliphatic carbocycles. The van der Waals surface area contributed by atoms with Gasteiger partial charge in [0.15, 0.2) is 0 Å². The molecule has 3 aromatic carbocycles. The Bertz CT molecular complexity index is 1370. The molecule has 0 aliphatic rings. The van der Waals surface area contributed by atoms with E-state index in [-0.39, 0.29) is 17.2 Å². The molecule has 0 radical (unpaired) electrons. The minimum absolute atomic E-state index is 0.0444. The van der Waals surface area contributed by atoms with Crippen molar-refractivity contribution < 1.29 is 19.0 Å². The molecule has 1 N–H and O–H groups in total. The third kappa shape index (κ3) is 4.68. The molecule has 0 spiro atoms. The van der Waals surface area contributed by atoms with Gasteiger partial charge in [0.05, 0.1) is 15.6 Å². The number of benzene rings is 3. The lowest BCUT2D eigenvalue weighted by Crippen LogP contribution is -2.17. The fourth-order valence-electron chi connectivity index (χ4n) is 3.85. The highest BCUT2D eigenvalue weighted by Gasteiger charge is 2.15. The van der Waals surface area contributed by atoms with Crippen LogP contribution in [0.4, 0.5) is 4.39 Å². The van der Waals surface area contributed by atoms with Crippen molar-refractivity contribution >= 4 is 27.6 Å². The van der Waals surface area contributed by atoms with Crippen LogP contribution < -0.4 is 10.3 Å². The van der Waals surface area contributed by atoms with E-state index in [9.17, 15) is 19.1 Å². The smallest absolute Gasteiger partial charge is 0.338 e. The molecule has 4 aromatic rings. The molecule has 0 saturated carbocycles. The van der Waals surface area contributed by atoms with E-state index in [2.05, 4.69) is 13.8 Å². The van der Waals surface area contributed by atoms with E-state index in [1.54, 1.807) is 12.1 Å². The maximum atomic E-state index is 13.7. The van der Waals surface area contributed by atoms with Gasteiger partial charge >= 0.3 is 5.97 Å². The molecule has 0 bridgehead atoms. The Morgan fingerprint density at radius 1 is 1.06 bits per heavy atom. The summed E-state index contributed by atoms with van der Waals surface area (Å²) in [6, 6.07) is 17.2. The van der Waals surface area contributed by atoms with Gasteiger partial charge in [0, 0.05) is 6.04 Å². The van der Waals surface area contributed by atoms with E-state index in [0.717, 1.165) is 34.7 Å². The minimum Gasteiger partial charge on any atom is -0.489 e. The highest BCUT2D eigenvalue weighted by Crippen LogP contribution is 2.28. The summed E-state index contributed by atoms with van der Waals surface area (Å²) in [7, 11) is 0. The van der Waals surface area contributed by atoms with E-state index in [4.69, 9.17) is 4.74 Å². The predicted octanol–water partition coefficient (Wildman–Crippen LogP) is 6.51. The molecule has 5 nitrogen and oxygen atoms in total. The first kappa shape index (κ1) is 22.7. The first-order valence-electron chi connectivity index (χ1n) is 10.8. The Balaban J connectivity index is 1.55. The molecule has 0 atom stereocenters. The number of hydrogen-bond acceptors (Lipinski definition) is 4. The average Bonchev–Trinajstić information content (AvgIpc) is 3.14. The summed E-state index contributed by atoms with van der Waals surface area (Å²) >= 11 is 1.47. The van der Waals surface area contributed by atoms with Gasteiger partial charge in [-0.2, -0.15) is 0 Å². The number of halogens is 1. The number of hydrogen-bond donors (Lipinski definition) is 1. The standard InChI is InChI=1S/C26H24FNO4S/c1-3-19(4-2)28-25(29)21-10-9-20(14-24(21)33-28)32-15-16-6-5-7-17(12-16)18-8-11-23(27)22(13-18)26(30)31/h5-14,19H,3-4,15H2,1-2H3,(H,30,31). The number of carboxylic acid groups (broad SMARTS) is 1. The maximum absolute atomic E-state index is 13.7. The lowest BCUT2D eigenvalue weighted by molar-refractivity contribution is 0.0692. The van der Waals surface area contributed by atoms with Crippen LogP contribution in [-0.2, 0) is 6.61 Å². The van der Waals surface area contributed by atoms with Gasteiger partial charge in [-0.3, -0.25) is 8.75 Å². The summed E-state index contributed by atoms with van der Waals surface area (Å²) < 4.78 is 22.4. The average molecular weight is 466 g/mol. The summed E-state index contributed by atoms with van der Waals surface area (Å²) in [5, 5.41) is 9.87. The lowest BCUT2D eigenvalue weighted by Gasteiger charge is -2.11. The summed E-state index contributed by atoms with van der Waals surface area (Å²) in [4.78, 5) is 23.9. The molecule has 1 aromatic heterocycles. The van der Waals surface area contributed by atoms with Crippen molar-refractivity contribution in [3.8, 4) is 16.9 Å². The second kappa shape index (κ2) is 9.58. The van der Waals surface area contributed by atoms with Crippen molar-refractivity contribution in [1.29, 1.82) is 0 Å². The molecular formula is C26H24FNO4S. The molecule has 7 heteroatoms. The zero-order valence-electron chi connectivity index (χ0n) is 18.4. The molecule has 0 saturated heterocycles. The third-order valence-corrected chi connectivity index (χ3v) is 6.91. The zero-order valence-corrected chi connectivity index (χ0v) is 19.2. The first-order valence-corrected chi connectivity index (χ1v) is 11.6. The Hall–Kier alpha value is -3.45. The fraction of sp³-hybridized carbons (Fsp3) is 0.231. The highest BCUT2D eigenvalue weighted by atomic mass is 32.1. The van der Waals surface area contributed by atoms with Gasteiger partial charge in [-0.25, -0.2) is 9.18 Å². The Morgan fingerprint density at radius 2 is 1.82 bits per heavy atom. The predicted molar refractivity (Wildman–Crippen MR) is 129 cm³/mol. The first-order chi connectivity index (χ1) is 15.9. The number of carbonyl (C=O) groups is 1. The SMILES string of the molecule is CCC(CC)n1sc2cc(OCc3cccc(-c4ccc(F)c(C(=O)O)c4)c3)ccc2c1=O. The van der Waals surface area contributed by atoms with Crippen LogP contribution >= 0.6 is 11.5 Å². The second-order valence-electron chi connectivity index (χ2n) is 7.84. The fourth-order valence-corrected chi connectivity index (χ4v) is 5.11. The summed E-state index contributed by atoms with van der Waals surface area (Å²) in [6.45, 7) is 4.47. The van der Waals surface area contributed by atoms with Crippen LogP contribution in [0.2, 0.25) is 0 Å². The molecule has 4 rings (SSSR count). The number of fused-ring (bicyclic) bond motifs is 1. The summed E-state index contributed by atoms with van der Waals surface area (Å²) in [5.41, 5.74) is 1.96. The van der Waals surface area contributed by atoms with Gasteiger partial charge < -0.3 is 9.84 Å². The van der Waals surface area contributed by atoms with Gasteiger partial charge in [0.2, 0.25) is 0 Å². The number of rotatable bonds is 8. The van der Waals surface area contributed by atoms with Crippen LogP contribution in [0, 0.1) is 5.82 Å². The monoisotopic (exact) mass is 465 g/mol. The summed E-state index contributed by atoms with van der Waals surface area (Å²) in [5.74, 6) is -1.40. The maximum Gasteiger partial charge on any atom is 0.338 e. The topological polar surface area (TPSA) is 68.5 Å². The molecule has 0 unspecified atom stereocenters. The normalized spacial score (nSPS) is 11.3. The van der Waals surface area contributed by atoms with Crippen LogP contribution in [0.25, 0.3) is 21.2 Å². The van der Waals surface area contributed by atoms with Crippen LogP contribution in [-0.4, -0.2) is 15.0 Å². The van der Waals surface area contributed by atoms with Crippen molar-refractivity contribution in [3.63, 3.8) is 0 Å². The van der Waals surface area contributed by atoms with E-state index < -0.39 is 11.8 Å². The van der Waals surface area contributed by atoms with Gasteiger partial charge in [-0.15, -0.1) is 0 Å². The number of ether oxygens (including phenoxy) is 1. The van der Waals surface area contributed by atoms with Gasteiger partial charge in [-0.05, 0) is 65.9 Å². The van der Waals surface area contributed by atoms with Crippen LogP contribution in [0.5, 0.6) is 5.75 Å². The molecular weight excluding hydrogens is 441 g/mol. The summed E-state index contributed by atoms with van der Waals surface area (Å²) in [6.07, 6.45) is 1.82. The molecule has 170 valence electrons. The minimum atomic E-state index is -1.30. The number of aromatic carboxylic acids is 1. The van der Waals surface area contributed by atoms with Gasteiger partial charge in [0.25, 0.3) is 5.56 Å². The molecule has 0 aliphatic heterocycles. The Morgan fingerprint density at radius 3 is 2.55 bits per heavy atom. The number of carboxylic acids is 1. The number of nitrogens with zero attached hydrogens (tertiary/aromatic N) is 1. The second-order valence-corrected chi connectivity index (χ2v) is 8.86. The molecule has 0 fully saturated rings. The molecule has 0 amide bonds. The van der Waals surface area contributed by atoms with Gasteiger partial charge in [0.1, 0.15) is 18.2 Å². The van der Waals surface area contributed by atoms with Crippen molar-refractivity contribution in [3.05, 3.63) is 88.0 Å². The van der Waals surface area contributed by atoms with Crippen molar-refractivity contribution in [1.82, 2.24) is 3.96 Å². The van der Waals surface area contributed by atoms with Crippen molar-refractivity contribution in [2.24, 2.45) is 0 Å². The lowest BCUT2D eigenvalue weighted by atomic mass is 10.0. The van der Waals surface area contributed by atoms with E-state index in [1.807, 2.05) is 40.4 Å². The zero-order chi connectivity index (χ0) is 23.5. The van der Waals surface area contributed by atoms with Crippen LogP contribution in [0.15, 0.2) is 65.5 Å². The van der Waals surface area contributed by atoms with Crippen molar-refractivity contribution in [2.75, 3.05) is 0 Å². The van der Waals surface area contributed by atoms with Crippen molar-refractivity contribution in [2.45, 2.75) is 39.3 Å². The van der Waals surface area contributed by atoms with Gasteiger partial charge in [-0.1, -0.05) is 49.6 Å². The van der Waals surface area contributed by atoms with E-state index in [0.29, 0.717) is 23.3 Å². The number of aromatic nitrogens is 1. The Kier molecular flexibility index (Phi) is 6.60. The largest absolute Gasteiger partial charge is 0.489 e. The van der Waals surface area contributed by atoms with E-state index >= 15 is 0 Å².